The highest BCUT2D eigenvalue weighted by Gasteiger charge is 2.26. The van der Waals surface area contributed by atoms with Crippen LogP contribution in [0.4, 0.5) is 17.1 Å². The summed E-state index contributed by atoms with van der Waals surface area (Å²) in [6, 6.07) is 24.5. The maximum Gasteiger partial charge on any atom is 0.329 e. The Bertz CT molecular complexity index is 2080. The maximum atomic E-state index is 14.3. The zero-order chi connectivity index (χ0) is 35.2. The van der Waals surface area contributed by atoms with Crippen molar-refractivity contribution in [2.75, 3.05) is 36.5 Å². The number of primary amides is 1. The third-order valence-electron chi connectivity index (χ3n) is 8.32. The topological polar surface area (TPSA) is 163 Å². The molecule has 0 aliphatic carbocycles. The van der Waals surface area contributed by atoms with Crippen molar-refractivity contribution >= 4 is 45.7 Å². The van der Waals surface area contributed by atoms with Gasteiger partial charge in [-0.15, -0.1) is 0 Å². The van der Waals surface area contributed by atoms with E-state index in [-0.39, 0.29) is 29.1 Å². The number of nitro benzene ring substituents is 1. The number of fused-ring (bicyclic) bond motifs is 1. The first-order valence-corrected chi connectivity index (χ1v) is 15.6. The van der Waals surface area contributed by atoms with Gasteiger partial charge < -0.3 is 20.3 Å². The first kappa shape index (κ1) is 34.1. The number of para-hydroxylation sites is 1. The second kappa shape index (κ2) is 14.7. The van der Waals surface area contributed by atoms with E-state index in [4.69, 9.17) is 10.5 Å². The van der Waals surface area contributed by atoms with Crippen LogP contribution in [0.5, 0.6) is 5.75 Å². The molecule has 252 valence electrons. The fourth-order valence-corrected chi connectivity index (χ4v) is 5.91. The van der Waals surface area contributed by atoms with Crippen LogP contribution in [0.15, 0.2) is 95.8 Å². The average molecular weight is 665 g/mol. The number of ketones is 1. The molecule has 0 unspecified atom stereocenters. The predicted molar refractivity (Wildman–Crippen MR) is 186 cm³/mol. The van der Waals surface area contributed by atoms with Gasteiger partial charge in [0.25, 0.3) is 5.69 Å². The van der Waals surface area contributed by atoms with Crippen LogP contribution in [-0.4, -0.2) is 58.4 Å². The maximum absolute atomic E-state index is 14.3. The molecule has 0 aliphatic rings. The van der Waals surface area contributed by atoms with Gasteiger partial charge in [0.1, 0.15) is 18.8 Å². The molecule has 49 heavy (non-hydrogen) atoms. The Balaban J connectivity index is 1.65. The molecule has 0 fully saturated rings. The molecule has 5 aromatic rings. The van der Waals surface area contributed by atoms with E-state index in [1.807, 2.05) is 26.0 Å². The van der Waals surface area contributed by atoms with E-state index in [0.717, 1.165) is 18.8 Å². The number of methoxy groups -OCH3 is 1. The summed E-state index contributed by atoms with van der Waals surface area (Å²) in [5.74, 6) is -1.44. The lowest BCUT2D eigenvalue weighted by molar-refractivity contribution is -0.384. The Morgan fingerprint density at radius 1 is 0.878 bits per heavy atom. The van der Waals surface area contributed by atoms with Crippen molar-refractivity contribution in [2.24, 2.45) is 5.73 Å². The predicted octanol–water partition coefficient (Wildman–Crippen LogP) is 4.36. The third kappa shape index (κ3) is 7.05. The first-order valence-electron chi connectivity index (χ1n) is 15.6. The second-order valence-corrected chi connectivity index (χ2v) is 11.2. The van der Waals surface area contributed by atoms with Gasteiger partial charge in [0.15, 0.2) is 5.78 Å². The smallest absolute Gasteiger partial charge is 0.329 e. The summed E-state index contributed by atoms with van der Waals surface area (Å²) in [6.45, 7) is 4.46. The van der Waals surface area contributed by atoms with Crippen molar-refractivity contribution < 1.29 is 24.0 Å². The van der Waals surface area contributed by atoms with E-state index in [0.29, 0.717) is 28.1 Å². The minimum absolute atomic E-state index is 0.165. The van der Waals surface area contributed by atoms with Crippen molar-refractivity contribution in [3.8, 4) is 5.75 Å². The number of carbonyl (C=O) groups excluding carboxylic acids is 3. The van der Waals surface area contributed by atoms with Gasteiger partial charge in [-0.2, -0.15) is 0 Å². The van der Waals surface area contributed by atoms with Gasteiger partial charge in [0, 0.05) is 53.3 Å². The number of nitrogens with two attached hydrogens (primary N) is 1. The number of aromatic nitrogens is 2. The van der Waals surface area contributed by atoms with Crippen LogP contribution in [-0.2, 0) is 22.7 Å². The lowest BCUT2D eigenvalue weighted by Gasteiger charge is -2.24. The Morgan fingerprint density at radius 2 is 1.55 bits per heavy atom. The van der Waals surface area contributed by atoms with E-state index in [1.54, 1.807) is 60.7 Å². The molecular formula is C36H36N6O7. The van der Waals surface area contributed by atoms with Gasteiger partial charge in [-0.1, -0.05) is 36.4 Å². The molecule has 13 heteroatoms. The number of hydrogen-bond donors (Lipinski definition) is 1. The Morgan fingerprint density at radius 3 is 2.16 bits per heavy atom. The fraction of sp³-hybridized carbons (Fsp3) is 0.222. The number of rotatable bonds is 14. The molecule has 13 nitrogen and oxygen atoms in total. The van der Waals surface area contributed by atoms with Gasteiger partial charge in [-0.05, 0) is 56.3 Å². The van der Waals surface area contributed by atoms with Crippen molar-refractivity contribution in [3.63, 3.8) is 0 Å². The molecule has 2 amide bonds. The molecule has 0 saturated carbocycles. The standard InChI is InChI=1S/C36H36N6O7/c1-4-38(5-2)26-14-16-27(17-15-26)39(22-32(37)43)33(44)23-41-34-29(35(45)24-10-7-6-8-11-24)12-9-13-30(34)40(36(41)46)21-25-20-28(42(47)48)18-19-31(25)49-3/h6-20H,4-5,21-23H2,1-3H3,(H2,37,43). The number of imidazole rings is 1. The van der Waals surface area contributed by atoms with E-state index >= 15 is 0 Å². The van der Waals surface area contributed by atoms with E-state index in [2.05, 4.69) is 4.90 Å². The minimum atomic E-state index is -0.756. The summed E-state index contributed by atoms with van der Waals surface area (Å²) in [5, 5.41) is 11.6. The normalized spacial score (nSPS) is 10.9. The highest BCUT2D eigenvalue weighted by Crippen LogP contribution is 2.28. The second-order valence-electron chi connectivity index (χ2n) is 11.2. The SMILES string of the molecule is CCN(CC)c1ccc(N(CC(N)=O)C(=O)Cn2c(=O)n(Cc3cc([N+](=O)[O-])ccc3OC)c3cccc(C(=O)c4ccccc4)c32)cc1. The summed E-state index contributed by atoms with van der Waals surface area (Å²) in [4.78, 5) is 68.8. The van der Waals surface area contributed by atoms with Crippen LogP contribution in [0.25, 0.3) is 11.0 Å². The average Bonchev–Trinajstić information content (AvgIpc) is 3.37. The largest absolute Gasteiger partial charge is 0.496 e. The Labute approximate surface area is 281 Å². The summed E-state index contributed by atoms with van der Waals surface area (Å²) in [6.07, 6.45) is 0. The molecule has 1 aromatic heterocycles. The quantitative estimate of drug-likeness (QED) is 0.104. The number of anilines is 2. The highest BCUT2D eigenvalue weighted by atomic mass is 16.6. The van der Waals surface area contributed by atoms with Crippen molar-refractivity contribution in [1.82, 2.24) is 9.13 Å². The molecule has 0 atom stereocenters. The van der Waals surface area contributed by atoms with Crippen LogP contribution in [0.1, 0.15) is 35.3 Å². The van der Waals surface area contributed by atoms with Crippen LogP contribution >= 0.6 is 0 Å². The summed E-state index contributed by atoms with van der Waals surface area (Å²) in [7, 11) is 1.41. The zero-order valence-electron chi connectivity index (χ0n) is 27.4. The first-order chi connectivity index (χ1) is 23.6. The molecule has 4 aromatic carbocycles. The minimum Gasteiger partial charge on any atom is -0.496 e. The van der Waals surface area contributed by atoms with Gasteiger partial charge in [-0.3, -0.25) is 33.6 Å². The van der Waals surface area contributed by atoms with Gasteiger partial charge in [0.05, 0.1) is 29.6 Å². The molecule has 0 bridgehead atoms. The van der Waals surface area contributed by atoms with E-state index < -0.39 is 35.5 Å². The van der Waals surface area contributed by atoms with E-state index in [9.17, 15) is 29.3 Å². The van der Waals surface area contributed by atoms with Gasteiger partial charge in [0.2, 0.25) is 11.8 Å². The van der Waals surface area contributed by atoms with Crippen LogP contribution in [0, 0.1) is 10.1 Å². The molecular weight excluding hydrogens is 628 g/mol. The van der Waals surface area contributed by atoms with Crippen molar-refractivity contribution in [3.05, 3.63) is 128 Å². The summed E-state index contributed by atoms with van der Waals surface area (Å²) < 4.78 is 7.97. The van der Waals surface area contributed by atoms with Crippen molar-refractivity contribution in [2.45, 2.75) is 26.9 Å². The van der Waals surface area contributed by atoms with Gasteiger partial charge in [-0.25, -0.2) is 4.79 Å². The summed E-state index contributed by atoms with van der Waals surface area (Å²) >= 11 is 0. The molecule has 5 rings (SSSR count). The van der Waals surface area contributed by atoms with E-state index in [1.165, 1.54) is 39.3 Å². The lowest BCUT2D eigenvalue weighted by Crippen LogP contribution is -2.42. The molecule has 2 N–H and O–H groups in total. The zero-order valence-corrected chi connectivity index (χ0v) is 27.4. The molecule has 0 aliphatic heterocycles. The Hall–Kier alpha value is -6.24. The highest BCUT2D eigenvalue weighted by molar-refractivity contribution is 6.15. The number of nitrogens with zero attached hydrogens (tertiary/aromatic N) is 5. The Kier molecular flexibility index (Phi) is 10.2. The van der Waals surface area contributed by atoms with Gasteiger partial charge >= 0.3 is 5.69 Å². The number of amides is 2. The van der Waals surface area contributed by atoms with Crippen LogP contribution < -0.4 is 26.0 Å². The monoisotopic (exact) mass is 664 g/mol. The fourth-order valence-electron chi connectivity index (χ4n) is 5.91. The number of hydrogen-bond acceptors (Lipinski definition) is 8. The number of carbonyl (C=O) groups is 3. The van der Waals surface area contributed by atoms with Crippen LogP contribution in [0.3, 0.4) is 0 Å². The molecule has 0 spiro atoms. The number of benzene rings is 4. The molecule has 0 saturated heterocycles. The third-order valence-corrected chi connectivity index (χ3v) is 8.32. The summed E-state index contributed by atoms with van der Waals surface area (Å²) in [5.41, 5.74) is 7.44. The molecule has 1 heterocycles. The molecule has 0 radical (unpaired) electrons. The number of non-ortho nitro benzene ring substituents is 1. The number of nitro groups is 1. The van der Waals surface area contributed by atoms with Crippen LogP contribution in [0.2, 0.25) is 0 Å². The lowest BCUT2D eigenvalue weighted by atomic mass is 10.0. The number of ether oxygens (including phenoxy) is 1. The van der Waals surface area contributed by atoms with Crippen molar-refractivity contribution in [1.29, 1.82) is 0 Å².